The van der Waals surface area contributed by atoms with Crippen molar-refractivity contribution in [3.05, 3.63) is 47.5 Å². The summed E-state index contributed by atoms with van der Waals surface area (Å²) in [5.74, 6) is -0.779. The molecule has 2 aliphatic rings. The van der Waals surface area contributed by atoms with Gasteiger partial charge >= 0.3 is 5.97 Å². The predicted molar refractivity (Wildman–Crippen MR) is 113 cm³/mol. The summed E-state index contributed by atoms with van der Waals surface area (Å²) in [6, 6.07) is 6.87. The van der Waals surface area contributed by atoms with Gasteiger partial charge in [-0.05, 0) is 55.2 Å². The number of benzene rings is 1. The number of aliphatic hydroxyl groups is 1. The molecule has 29 heavy (non-hydrogen) atoms. The van der Waals surface area contributed by atoms with Crippen molar-refractivity contribution >= 4 is 11.9 Å². The third-order valence-electron chi connectivity index (χ3n) is 6.74. The molecular formula is C24H33NO4. The smallest absolute Gasteiger partial charge is 0.335 e. The molecular weight excluding hydrogens is 366 g/mol. The number of carboxylic acid groups (broad SMARTS) is 1. The summed E-state index contributed by atoms with van der Waals surface area (Å²) in [6.45, 7) is 2.79. The lowest BCUT2D eigenvalue weighted by atomic mass is 9.62. The molecule has 1 saturated heterocycles. The van der Waals surface area contributed by atoms with E-state index >= 15 is 0 Å². The molecule has 5 heteroatoms. The number of aliphatic hydroxyl groups excluding tert-OH is 1. The van der Waals surface area contributed by atoms with E-state index in [0.717, 1.165) is 44.1 Å². The summed E-state index contributed by atoms with van der Waals surface area (Å²) in [6.07, 6.45) is 12.3. The Morgan fingerprint density at radius 2 is 2.03 bits per heavy atom. The first kappa shape index (κ1) is 21.6. The molecule has 1 aliphatic carbocycles. The fourth-order valence-electron chi connectivity index (χ4n) is 4.60. The number of unbranched alkanes of at least 4 members (excludes halogenated alkanes) is 1. The van der Waals surface area contributed by atoms with Crippen LogP contribution in [0.15, 0.2) is 36.4 Å². The van der Waals surface area contributed by atoms with Crippen molar-refractivity contribution in [2.24, 2.45) is 5.41 Å². The van der Waals surface area contributed by atoms with Gasteiger partial charge in [0, 0.05) is 13.0 Å². The van der Waals surface area contributed by atoms with Crippen LogP contribution in [0.4, 0.5) is 0 Å². The zero-order valence-corrected chi connectivity index (χ0v) is 17.3. The van der Waals surface area contributed by atoms with Gasteiger partial charge in [0.1, 0.15) is 0 Å². The lowest BCUT2D eigenvalue weighted by Gasteiger charge is -2.45. The molecule has 5 nitrogen and oxygen atoms in total. The van der Waals surface area contributed by atoms with E-state index in [-0.39, 0.29) is 22.9 Å². The summed E-state index contributed by atoms with van der Waals surface area (Å²) >= 11 is 0. The molecule has 2 N–H and O–H groups in total. The molecule has 1 aromatic carbocycles. The zero-order valence-electron chi connectivity index (χ0n) is 17.3. The molecule has 1 aromatic rings. The Morgan fingerprint density at radius 3 is 2.62 bits per heavy atom. The van der Waals surface area contributed by atoms with Gasteiger partial charge in [-0.25, -0.2) is 4.79 Å². The summed E-state index contributed by atoms with van der Waals surface area (Å²) in [5.41, 5.74) is 1.34. The fourth-order valence-corrected chi connectivity index (χ4v) is 4.60. The molecule has 158 valence electrons. The summed E-state index contributed by atoms with van der Waals surface area (Å²) in [5, 5.41) is 19.8. The highest BCUT2D eigenvalue weighted by Gasteiger charge is 2.41. The third kappa shape index (κ3) is 5.08. The Morgan fingerprint density at radius 1 is 1.31 bits per heavy atom. The molecule has 0 aromatic heterocycles. The highest BCUT2D eigenvalue weighted by atomic mass is 16.4. The largest absolute Gasteiger partial charge is 0.478 e. The minimum atomic E-state index is -0.932. The molecule has 0 radical (unpaired) electrons. The molecule has 1 saturated carbocycles. The van der Waals surface area contributed by atoms with Gasteiger partial charge < -0.3 is 15.1 Å². The van der Waals surface area contributed by atoms with Crippen molar-refractivity contribution in [1.29, 1.82) is 0 Å². The van der Waals surface area contributed by atoms with Crippen molar-refractivity contribution in [3.8, 4) is 0 Å². The van der Waals surface area contributed by atoms with Gasteiger partial charge in [0.2, 0.25) is 5.91 Å². The van der Waals surface area contributed by atoms with Crippen molar-refractivity contribution in [2.45, 2.75) is 76.9 Å². The number of likely N-dealkylation sites (tertiary alicyclic amines) is 1. The molecule has 2 atom stereocenters. The number of rotatable bonds is 10. The molecule has 0 bridgehead atoms. The lowest BCUT2D eigenvalue weighted by Crippen LogP contribution is -2.40. The Bertz CT molecular complexity index is 736. The van der Waals surface area contributed by atoms with Crippen molar-refractivity contribution in [3.63, 3.8) is 0 Å². The van der Waals surface area contributed by atoms with E-state index in [0.29, 0.717) is 19.4 Å². The van der Waals surface area contributed by atoms with Crippen molar-refractivity contribution in [2.75, 3.05) is 6.54 Å². The van der Waals surface area contributed by atoms with Gasteiger partial charge in [-0.3, -0.25) is 4.79 Å². The maximum Gasteiger partial charge on any atom is 0.335 e. The second-order valence-corrected chi connectivity index (χ2v) is 8.59. The molecule has 2 unspecified atom stereocenters. The van der Waals surface area contributed by atoms with E-state index in [4.69, 9.17) is 5.11 Å². The van der Waals surface area contributed by atoms with Crippen LogP contribution in [0.25, 0.3) is 0 Å². The van der Waals surface area contributed by atoms with Gasteiger partial charge in [-0.15, -0.1) is 0 Å². The van der Waals surface area contributed by atoms with Crippen molar-refractivity contribution in [1.82, 2.24) is 4.90 Å². The third-order valence-corrected chi connectivity index (χ3v) is 6.74. The second-order valence-electron chi connectivity index (χ2n) is 8.59. The predicted octanol–water partition coefficient (Wildman–Crippen LogP) is 4.20. The molecule has 1 amide bonds. The fraction of sp³-hybridized carbons (Fsp3) is 0.583. The second kappa shape index (κ2) is 9.57. The van der Waals surface area contributed by atoms with Gasteiger partial charge in [0.25, 0.3) is 0 Å². The Labute approximate surface area is 173 Å². The van der Waals surface area contributed by atoms with E-state index in [9.17, 15) is 14.7 Å². The Kier molecular flexibility index (Phi) is 7.12. The number of nitrogens with zero attached hydrogens (tertiary/aromatic N) is 1. The Hall–Kier alpha value is -2.14. The minimum Gasteiger partial charge on any atom is -0.478 e. The summed E-state index contributed by atoms with van der Waals surface area (Å²) in [7, 11) is 0. The van der Waals surface area contributed by atoms with Crippen LogP contribution in [0.5, 0.6) is 0 Å². The number of amides is 1. The van der Waals surface area contributed by atoms with E-state index in [1.165, 1.54) is 6.42 Å². The van der Waals surface area contributed by atoms with Crippen LogP contribution in [-0.2, 0) is 11.2 Å². The quantitative estimate of drug-likeness (QED) is 0.578. The number of carbonyl (C=O) groups excluding carboxylic acids is 1. The normalized spacial score (nSPS) is 22.1. The SMILES string of the molecule is CCCCC1(C(O)/C=C/C2CCC(=O)N2CCc2ccc(C(=O)O)cc2)CCC1. The minimum absolute atomic E-state index is 0.0405. The maximum absolute atomic E-state index is 12.4. The van der Waals surface area contributed by atoms with Crippen molar-refractivity contribution < 1.29 is 19.8 Å². The van der Waals surface area contributed by atoms with Crippen LogP contribution in [0.2, 0.25) is 0 Å². The van der Waals surface area contributed by atoms with Crippen LogP contribution >= 0.6 is 0 Å². The van der Waals surface area contributed by atoms with Crippen LogP contribution < -0.4 is 0 Å². The number of aromatic carboxylic acids is 1. The van der Waals surface area contributed by atoms with Gasteiger partial charge in [0.15, 0.2) is 0 Å². The number of carboxylic acids is 1. The van der Waals surface area contributed by atoms with Crippen LogP contribution in [0.3, 0.4) is 0 Å². The first-order valence-corrected chi connectivity index (χ1v) is 10.9. The number of carbonyl (C=O) groups is 2. The molecule has 1 heterocycles. The molecule has 1 aliphatic heterocycles. The van der Waals surface area contributed by atoms with Crippen LogP contribution in [-0.4, -0.2) is 45.7 Å². The highest BCUT2D eigenvalue weighted by molar-refractivity contribution is 5.87. The maximum atomic E-state index is 12.4. The van der Waals surface area contributed by atoms with E-state index in [1.54, 1.807) is 12.1 Å². The Balaban J connectivity index is 1.58. The number of hydrogen-bond acceptors (Lipinski definition) is 3. The highest BCUT2D eigenvalue weighted by Crippen LogP contribution is 2.48. The monoisotopic (exact) mass is 399 g/mol. The van der Waals surface area contributed by atoms with E-state index in [2.05, 4.69) is 6.92 Å². The lowest BCUT2D eigenvalue weighted by molar-refractivity contribution is -0.128. The van der Waals surface area contributed by atoms with E-state index < -0.39 is 12.1 Å². The van der Waals surface area contributed by atoms with Gasteiger partial charge in [-0.2, -0.15) is 0 Å². The van der Waals surface area contributed by atoms with Crippen LogP contribution in [0.1, 0.15) is 74.2 Å². The topological polar surface area (TPSA) is 77.8 Å². The van der Waals surface area contributed by atoms with Gasteiger partial charge in [-0.1, -0.05) is 50.5 Å². The summed E-state index contributed by atoms with van der Waals surface area (Å²) < 4.78 is 0. The molecule has 3 rings (SSSR count). The van der Waals surface area contributed by atoms with E-state index in [1.807, 2.05) is 29.2 Å². The van der Waals surface area contributed by atoms with Gasteiger partial charge in [0.05, 0.1) is 17.7 Å². The summed E-state index contributed by atoms with van der Waals surface area (Å²) in [4.78, 5) is 25.2. The average Bonchev–Trinajstić information content (AvgIpc) is 3.03. The first-order valence-electron chi connectivity index (χ1n) is 10.9. The van der Waals surface area contributed by atoms with Crippen LogP contribution in [0, 0.1) is 5.41 Å². The standard InChI is InChI=1S/C24H33NO4/c1-2-3-14-24(15-4-16-24)21(26)11-9-20-10-12-22(27)25(20)17-13-18-5-7-19(8-6-18)23(28)29/h5-9,11,20-21,26H,2-4,10,12-17H2,1H3,(H,28,29)/b11-9+. The number of hydrogen-bond donors (Lipinski definition) is 2. The average molecular weight is 400 g/mol. The first-order chi connectivity index (χ1) is 13.9. The zero-order chi connectivity index (χ0) is 20.9. The molecule has 2 fully saturated rings. The molecule has 0 spiro atoms.